The van der Waals surface area contributed by atoms with Gasteiger partial charge in [-0.05, 0) is 92.3 Å². The number of nitrogen functional groups attached to an aromatic ring is 2. The summed E-state index contributed by atoms with van der Waals surface area (Å²) in [6, 6.07) is 14.2. The number of H-pyrrole nitrogens is 1. The number of carbonyl (C=O) groups is 1. The Balaban J connectivity index is 0.000000308. The van der Waals surface area contributed by atoms with Crippen LogP contribution in [0.25, 0.3) is 11.0 Å². The molecule has 0 aliphatic carbocycles. The van der Waals surface area contributed by atoms with E-state index in [4.69, 9.17) is 77.3 Å². The number of halogens is 3. The van der Waals surface area contributed by atoms with Crippen LogP contribution in [0.2, 0.25) is 0 Å². The second-order valence-corrected chi connectivity index (χ2v) is 26.6. The van der Waals surface area contributed by atoms with Crippen LogP contribution < -0.4 is 50.5 Å². The van der Waals surface area contributed by atoms with Crippen molar-refractivity contribution in [2.24, 2.45) is 0 Å². The van der Waals surface area contributed by atoms with Gasteiger partial charge in [0, 0.05) is 38.4 Å². The van der Waals surface area contributed by atoms with Crippen molar-refractivity contribution in [3.8, 4) is 34.8 Å². The number of nitrogens with one attached hydrogen (secondary N) is 1. The van der Waals surface area contributed by atoms with Crippen LogP contribution >= 0.6 is 53.7 Å². The van der Waals surface area contributed by atoms with E-state index >= 15 is 0 Å². The number of ether oxygens (including phenoxy) is 8. The van der Waals surface area contributed by atoms with E-state index in [0.29, 0.717) is 72.5 Å². The number of hydrogen-bond acceptors (Lipinski definition) is 16. The summed E-state index contributed by atoms with van der Waals surface area (Å²) >= 11 is -1.92. The van der Waals surface area contributed by atoms with Gasteiger partial charge in [0.25, 0.3) is 0 Å². The molecule has 27 heteroatoms. The summed E-state index contributed by atoms with van der Waals surface area (Å²) in [5.74, 6) is 2.71. The molecule has 20 nitrogen and oxygen atoms in total. The SMILES string of the molecule is C.C1CCOC1.CCOC(=O)N1CCc2ccc(OC)c(c2)OC/C=C/COc2cc1c([N+](=O)[O-])c(N)n2.COc1ccc2cc1OC/C=C/COc1cc3c([nH]c(=O)n3CC2)c(N)n1.PPP.[Cl][Ti]([Cl])[Cl]. The topological polar surface area (TPSA) is 253 Å². The maximum atomic E-state index is 12.7. The molecular formula is C45H61Cl3N8O12P3Ti. The molecule has 1 fully saturated rings. The van der Waals surface area contributed by atoms with E-state index < -0.39 is 31.4 Å². The van der Waals surface area contributed by atoms with Crippen LogP contribution in [0.15, 0.2) is 77.6 Å². The first-order chi connectivity index (χ1) is 34.2. The van der Waals surface area contributed by atoms with Gasteiger partial charge >= 0.3 is 60.1 Å². The number of nitrogens with two attached hydrogens (primary N) is 2. The number of rotatable bonds is 4. The van der Waals surface area contributed by atoms with Crippen LogP contribution in [-0.4, -0.2) is 97.5 Å². The van der Waals surface area contributed by atoms with Crippen molar-refractivity contribution >= 4 is 93.9 Å². The van der Waals surface area contributed by atoms with E-state index in [1.807, 2.05) is 36.4 Å². The number of imidazole rings is 1. The molecule has 8 bridgehead atoms. The van der Waals surface area contributed by atoms with Gasteiger partial charge in [-0.15, -0.1) is 17.9 Å². The fourth-order valence-electron chi connectivity index (χ4n) is 6.73. The third kappa shape index (κ3) is 19.7. The maximum absolute atomic E-state index is 12.7. The van der Waals surface area contributed by atoms with E-state index in [-0.39, 0.29) is 62.7 Å². The number of hydrogen-bond donors (Lipinski definition) is 3. The van der Waals surface area contributed by atoms with E-state index in [2.05, 4.69) is 32.8 Å². The van der Waals surface area contributed by atoms with Crippen LogP contribution in [0.1, 0.15) is 38.3 Å². The summed E-state index contributed by atoms with van der Waals surface area (Å²) in [6.45, 7) is 5.39. The summed E-state index contributed by atoms with van der Waals surface area (Å²) in [5.41, 5.74) is 14.1. The number of methoxy groups -OCH3 is 2. The molecule has 3 aliphatic heterocycles. The number of aromatic amines is 1. The molecule has 3 aromatic heterocycles. The third-order valence-electron chi connectivity index (χ3n) is 9.90. The molecule has 1 amide bonds. The van der Waals surface area contributed by atoms with Crippen molar-refractivity contribution in [1.29, 1.82) is 0 Å². The zero-order valence-electron chi connectivity index (χ0n) is 39.2. The second kappa shape index (κ2) is 33.3. The van der Waals surface area contributed by atoms with Gasteiger partial charge in [0.05, 0.1) is 31.3 Å². The number of aryl methyl sites for hydroxylation is 2. The molecule has 1 saturated heterocycles. The molecular weight excluding hydrogens is 1090 g/mol. The number of nitrogens with zero attached hydrogens (tertiary/aromatic N) is 5. The fourth-order valence-corrected chi connectivity index (χ4v) is 6.73. The van der Waals surface area contributed by atoms with Crippen molar-refractivity contribution in [1.82, 2.24) is 19.5 Å². The molecule has 2 aromatic carbocycles. The van der Waals surface area contributed by atoms with Crippen LogP contribution in [0.3, 0.4) is 0 Å². The van der Waals surface area contributed by atoms with E-state index in [1.54, 1.807) is 56.1 Å². The van der Waals surface area contributed by atoms with E-state index in [9.17, 15) is 19.7 Å². The van der Waals surface area contributed by atoms with Crippen molar-refractivity contribution < 1.29 is 62.3 Å². The van der Waals surface area contributed by atoms with Crippen LogP contribution in [0.4, 0.5) is 27.8 Å². The first kappa shape index (κ1) is 61.7. The monoisotopic (exact) mass is 1150 g/mol. The summed E-state index contributed by atoms with van der Waals surface area (Å²) in [6.07, 6.45) is 9.96. The molecule has 393 valence electrons. The Morgan fingerprint density at radius 3 is 1.79 bits per heavy atom. The number of fused-ring (bicyclic) bond motifs is 7. The van der Waals surface area contributed by atoms with Crippen LogP contribution in [-0.2, 0) is 43.5 Å². The van der Waals surface area contributed by atoms with Crippen molar-refractivity contribution in [3.05, 3.63) is 105 Å². The van der Waals surface area contributed by atoms with Gasteiger partial charge in [-0.2, -0.15) is 9.97 Å². The first-order valence-corrected chi connectivity index (χ1v) is 32.8. The Hall–Kier alpha value is -4.61. The Kier molecular flexibility index (Phi) is 28.5. The molecule has 6 heterocycles. The van der Waals surface area contributed by atoms with Crippen molar-refractivity contribution in [3.63, 3.8) is 0 Å². The Morgan fingerprint density at radius 2 is 1.32 bits per heavy atom. The number of carbonyl (C=O) groups excluding carboxylic acids is 1. The fraction of sp³-hybridized carbons (Fsp3) is 0.378. The number of amides is 1. The molecule has 2 atom stereocenters. The third-order valence-corrected chi connectivity index (χ3v) is 9.90. The Bertz CT molecular complexity index is 2620. The summed E-state index contributed by atoms with van der Waals surface area (Å²) in [7, 11) is 24.1. The van der Waals surface area contributed by atoms with Gasteiger partial charge in [0.1, 0.15) is 37.6 Å². The van der Waals surface area contributed by atoms with Gasteiger partial charge in [-0.1, -0.05) is 27.5 Å². The number of anilines is 3. The molecule has 72 heavy (non-hydrogen) atoms. The molecule has 0 spiro atoms. The molecule has 8 rings (SSSR count). The van der Waals surface area contributed by atoms with Gasteiger partial charge in [0.15, 0.2) is 28.8 Å². The molecule has 0 radical (unpaired) electrons. The normalized spacial score (nSPS) is 14.6. The minimum absolute atomic E-state index is 0. The quantitative estimate of drug-likeness (QED) is 0.0498. The van der Waals surface area contributed by atoms with Crippen molar-refractivity contribution in [2.45, 2.75) is 46.6 Å². The summed E-state index contributed by atoms with van der Waals surface area (Å²) in [4.78, 5) is 48.3. The number of aromatic nitrogens is 4. The minimum atomic E-state index is -1.92. The Morgan fingerprint density at radius 1 is 0.833 bits per heavy atom. The molecule has 0 saturated carbocycles. The van der Waals surface area contributed by atoms with Crippen LogP contribution in [0.5, 0.6) is 34.8 Å². The number of benzene rings is 2. The van der Waals surface area contributed by atoms with Gasteiger partial charge < -0.3 is 54.3 Å². The van der Waals surface area contributed by atoms with Crippen molar-refractivity contribution in [2.75, 3.05) is 83.4 Å². The number of nitro groups is 1. The first-order valence-electron chi connectivity index (χ1n) is 21.8. The predicted octanol–water partition coefficient (Wildman–Crippen LogP) is 9.74. The molecule has 5 aromatic rings. The average Bonchev–Trinajstić information content (AvgIpc) is 4.02. The second-order valence-electron chi connectivity index (χ2n) is 14.5. The molecule has 2 unspecified atom stereocenters. The van der Waals surface area contributed by atoms with E-state index in [1.165, 1.54) is 18.9 Å². The van der Waals surface area contributed by atoms with Gasteiger partial charge in [-0.25, -0.2) is 9.59 Å². The van der Waals surface area contributed by atoms with Gasteiger partial charge in [0.2, 0.25) is 17.6 Å². The zero-order valence-corrected chi connectivity index (χ0v) is 46.3. The van der Waals surface area contributed by atoms with Crippen LogP contribution in [0, 0.1) is 10.1 Å². The summed E-state index contributed by atoms with van der Waals surface area (Å²) < 4.78 is 45.2. The van der Waals surface area contributed by atoms with Gasteiger partial charge in [-0.3, -0.25) is 19.6 Å². The summed E-state index contributed by atoms with van der Waals surface area (Å²) in [5, 5.41) is 11.7. The van der Waals surface area contributed by atoms with E-state index in [0.717, 1.165) is 37.2 Å². The molecule has 3 aliphatic rings. The standard InChI is InChI=1S/C21H24N4O7.C19H20N4O4.C4H8O.CH4.3ClH.H5P3.Ti/c1-3-30-21(26)24-9-8-14-6-7-16(29-2)17(12-14)31-10-4-5-11-32-18-13-15(24)19(25(27)28)20(22)23-18;1-25-14-5-4-12-6-7-23-13-11-16(21-18(20)17(13)22-19(23)24)27-9-3-2-8-26-15(14)10-12;1-2-4-5-3-1;;;;;1-3-2;/h4-7,12-13H,3,8-11H2,1-2H3,(H2,22,23);2-5,10-11H,6-9H2,1H3,(H2,20,21)(H,22,24);1-4H2;1H4;3*1H;3H,1-2H2;/q;;;;;;;;+3/p-3/b5-4+;3-2+;;;;;;;. The molecule has 5 N–H and O–H groups in total. The zero-order chi connectivity index (χ0) is 51.7. The number of pyridine rings is 2. The average molecular weight is 1150 g/mol. The predicted molar refractivity (Wildman–Crippen MR) is 290 cm³/mol. The Labute approximate surface area is 442 Å².